The van der Waals surface area contributed by atoms with Gasteiger partial charge < -0.3 is 0 Å². The molecule has 0 bridgehead atoms. The standard InChI is InChI=1S/C5H4BrN.ClH/c6-5-3-1-2-4-7-5;/h1-4H;1H. The molecule has 0 aliphatic carbocycles. The van der Waals surface area contributed by atoms with E-state index < -0.39 is 0 Å². The van der Waals surface area contributed by atoms with Crippen molar-refractivity contribution in [3.63, 3.8) is 0 Å². The molecule has 1 heterocycles. The van der Waals surface area contributed by atoms with Gasteiger partial charge in [-0.15, -0.1) is 12.4 Å². The molecular formula is C5H5BrClN. The van der Waals surface area contributed by atoms with E-state index in [1.54, 1.807) is 6.20 Å². The zero-order chi connectivity index (χ0) is 5.11. The number of rotatable bonds is 0. The minimum atomic E-state index is 0. The summed E-state index contributed by atoms with van der Waals surface area (Å²) < 4.78 is 0.884. The van der Waals surface area contributed by atoms with Gasteiger partial charge in [-0.05, 0) is 28.1 Å². The topological polar surface area (TPSA) is 12.9 Å². The molecule has 1 aromatic rings. The van der Waals surface area contributed by atoms with Crippen LogP contribution in [-0.2, 0) is 0 Å². The number of pyridine rings is 1. The Balaban J connectivity index is 0.000000490. The molecule has 1 rings (SSSR count). The van der Waals surface area contributed by atoms with Gasteiger partial charge in [0.1, 0.15) is 4.60 Å². The van der Waals surface area contributed by atoms with Gasteiger partial charge in [0, 0.05) is 6.20 Å². The van der Waals surface area contributed by atoms with Crippen LogP contribution < -0.4 is 0 Å². The van der Waals surface area contributed by atoms with Gasteiger partial charge in [-0.2, -0.15) is 0 Å². The van der Waals surface area contributed by atoms with Crippen LogP contribution in [0.5, 0.6) is 0 Å². The molecule has 0 aliphatic heterocycles. The van der Waals surface area contributed by atoms with Gasteiger partial charge in [0.25, 0.3) is 0 Å². The Morgan fingerprint density at radius 2 is 2.12 bits per heavy atom. The molecule has 0 saturated heterocycles. The lowest BCUT2D eigenvalue weighted by Gasteiger charge is -1.80. The van der Waals surface area contributed by atoms with Crippen molar-refractivity contribution in [2.45, 2.75) is 0 Å². The van der Waals surface area contributed by atoms with E-state index in [1.807, 2.05) is 18.2 Å². The molecule has 0 atom stereocenters. The van der Waals surface area contributed by atoms with Crippen molar-refractivity contribution in [3.8, 4) is 0 Å². The van der Waals surface area contributed by atoms with Crippen LogP contribution >= 0.6 is 28.3 Å². The second kappa shape index (κ2) is 3.87. The van der Waals surface area contributed by atoms with E-state index in [-0.39, 0.29) is 12.4 Å². The monoisotopic (exact) mass is 193 g/mol. The molecule has 44 valence electrons. The van der Waals surface area contributed by atoms with Gasteiger partial charge in [0.2, 0.25) is 0 Å². The molecule has 1 nitrogen and oxygen atoms in total. The van der Waals surface area contributed by atoms with Gasteiger partial charge in [-0.3, -0.25) is 0 Å². The fourth-order valence-corrected chi connectivity index (χ4v) is 0.613. The Hall–Kier alpha value is -0.0800. The Morgan fingerprint density at radius 3 is 2.38 bits per heavy atom. The molecule has 0 unspecified atom stereocenters. The highest BCUT2D eigenvalue weighted by Crippen LogP contribution is 2.00. The SMILES string of the molecule is Brc1ccccn1.Cl. The normalized spacial score (nSPS) is 7.62. The lowest BCUT2D eigenvalue weighted by molar-refractivity contribution is 1.28. The van der Waals surface area contributed by atoms with Crippen LogP contribution in [0.3, 0.4) is 0 Å². The number of nitrogens with zero attached hydrogens (tertiary/aromatic N) is 1. The lowest BCUT2D eigenvalue weighted by Crippen LogP contribution is -1.66. The summed E-state index contributed by atoms with van der Waals surface area (Å²) in [6.07, 6.45) is 1.74. The van der Waals surface area contributed by atoms with Crippen molar-refractivity contribution < 1.29 is 0 Å². The average Bonchev–Trinajstić information content (AvgIpc) is 1.69. The van der Waals surface area contributed by atoms with Crippen molar-refractivity contribution in [1.29, 1.82) is 0 Å². The summed E-state index contributed by atoms with van der Waals surface area (Å²) in [5.74, 6) is 0. The number of hydrogen-bond donors (Lipinski definition) is 0. The summed E-state index contributed by atoms with van der Waals surface area (Å²) >= 11 is 3.20. The van der Waals surface area contributed by atoms with Crippen LogP contribution in [0.15, 0.2) is 29.0 Å². The van der Waals surface area contributed by atoms with Crippen molar-refractivity contribution in [3.05, 3.63) is 29.0 Å². The second-order valence-corrected chi connectivity index (χ2v) is 1.96. The molecular weight excluding hydrogens is 189 g/mol. The maximum atomic E-state index is 3.90. The second-order valence-electron chi connectivity index (χ2n) is 1.15. The first-order valence-electron chi connectivity index (χ1n) is 1.96. The predicted molar refractivity (Wildman–Crippen MR) is 39.2 cm³/mol. The summed E-state index contributed by atoms with van der Waals surface area (Å²) in [5, 5.41) is 0. The van der Waals surface area contributed by atoms with Gasteiger partial charge in [0.15, 0.2) is 0 Å². The maximum Gasteiger partial charge on any atom is 0.106 e. The third-order valence-electron chi connectivity index (χ3n) is 0.629. The van der Waals surface area contributed by atoms with Crippen LogP contribution in [0.2, 0.25) is 0 Å². The summed E-state index contributed by atoms with van der Waals surface area (Å²) in [7, 11) is 0. The van der Waals surface area contributed by atoms with E-state index in [1.165, 1.54) is 0 Å². The first kappa shape index (κ1) is 7.92. The molecule has 0 amide bonds. The van der Waals surface area contributed by atoms with Crippen LogP contribution in [-0.4, -0.2) is 4.98 Å². The summed E-state index contributed by atoms with van der Waals surface area (Å²) in [6, 6.07) is 5.70. The van der Waals surface area contributed by atoms with Crippen molar-refractivity contribution in [2.75, 3.05) is 0 Å². The quantitative estimate of drug-likeness (QED) is 0.578. The molecule has 8 heavy (non-hydrogen) atoms. The minimum absolute atomic E-state index is 0. The maximum absolute atomic E-state index is 3.90. The highest BCUT2D eigenvalue weighted by atomic mass is 79.9. The largest absolute Gasteiger partial charge is 0.249 e. The molecule has 0 spiro atoms. The Kier molecular flexibility index (Phi) is 3.83. The zero-order valence-corrected chi connectivity index (χ0v) is 6.45. The van der Waals surface area contributed by atoms with Crippen molar-refractivity contribution in [2.24, 2.45) is 0 Å². The molecule has 0 radical (unpaired) electrons. The third-order valence-corrected chi connectivity index (χ3v) is 1.10. The number of halogens is 2. The molecule has 3 heteroatoms. The Labute approximate surface area is 62.7 Å². The van der Waals surface area contributed by atoms with E-state index in [9.17, 15) is 0 Å². The zero-order valence-electron chi connectivity index (χ0n) is 4.04. The van der Waals surface area contributed by atoms with Gasteiger partial charge >= 0.3 is 0 Å². The molecule has 0 fully saturated rings. The first-order chi connectivity index (χ1) is 3.39. The summed E-state index contributed by atoms with van der Waals surface area (Å²) in [4.78, 5) is 3.90. The summed E-state index contributed by atoms with van der Waals surface area (Å²) in [6.45, 7) is 0. The molecule has 0 N–H and O–H groups in total. The van der Waals surface area contributed by atoms with E-state index in [2.05, 4.69) is 20.9 Å². The molecule has 1 aromatic heterocycles. The molecule has 0 aromatic carbocycles. The van der Waals surface area contributed by atoms with Crippen molar-refractivity contribution in [1.82, 2.24) is 4.98 Å². The smallest absolute Gasteiger partial charge is 0.106 e. The summed E-state index contributed by atoms with van der Waals surface area (Å²) in [5.41, 5.74) is 0. The van der Waals surface area contributed by atoms with Gasteiger partial charge in [0.05, 0.1) is 0 Å². The fourth-order valence-electron chi connectivity index (χ4n) is 0.342. The van der Waals surface area contributed by atoms with Crippen LogP contribution in [0.4, 0.5) is 0 Å². The van der Waals surface area contributed by atoms with Gasteiger partial charge in [-0.25, -0.2) is 4.98 Å². The van der Waals surface area contributed by atoms with E-state index in [0.29, 0.717) is 0 Å². The third kappa shape index (κ3) is 2.28. The minimum Gasteiger partial charge on any atom is -0.249 e. The Morgan fingerprint density at radius 1 is 1.38 bits per heavy atom. The van der Waals surface area contributed by atoms with Crippen LogP contribution in [0.25, 0.3) is 0 Å². The van der Waals surface area contributed by atoms with E-state index in [4.69, 9.17) is 0 Å². The average molecular weight is 194 g/mol. The van der Waals surface area contributed by atoms with Crippen molar-refractivity contribution >= 4 is 28.3 Å². The predicted octanol–water partition coefficient (Wildman–Crippen LogP) is 2.27. The molecule has 0 aliphatic rings. The van der Waals surface area contributed by atoms with Crippen LogP contribution in [0.1, 0.15) is 0 Å². The number of hydrogen-bond acceptors (Lipinski definition) is 1. The fraction of sp³-hybridized carbons (Fsp3) is 0. The highest BCUT2D eigenvalue weighted by molar-refractivity contribution is 9.10. The van der Waals surface area contributed by atoms with Crippen LogP contribution in [0, 0.1) is 0 Å². The molecule has 0 saturated carbocycles. The van der Waals surface area contributed by atoms with E-state index >= 15 is 0 Å². The Bertz CT molecular complexity index is 142. The first-order valence-corrected chi connectivity index (χ1v) is 2.75. The van der Waals surface area contributed by atoms with E-state index in [0.717, 1.165) is 4.60 Å². The van der Waals surface area contributed by atoms with Gasteiger partial charge in [-0.1, -0.05) is 6.07 Å². The highest BCUT2D eigenvalue weighted by Gasteiger charge is 1.75. The number of aromatic nitrogens is 1. The lowest BCUT2D eigenvalue weighted by atomic mass is 10.5.